The third-order valence-corrected chi connectivity index (χ3v) is 3.97. The van der Waals surface area contributed by atoms with Crippen LogP contribution < -0.4 is 5.73 Å². The highest BCUT2D eigenvalue weighted by molar-refractivity contribution is 7.99. The van der Waals surface area contributed by atoms with Crippen LogP contribution in [0.4, 0.5) is 0 Å². The van der Waals surface area contributed by atoms with Crippen molar-refractivity contribution < 1.29 is 0 Å². The van der Waals surface area contributed by atoms with Gasteiger partial charge in [-0.2, -0.15) is 11.8 Å². The first kappa shape index (κ1) is 13.9. The Kier molecular flexibility index (Phi) is 5.67. The van der Waals surface area contributed by atoms with E-state index >= 15 is 0 Å². The second-order valence-electron chi connectivity index (χ2n) is 4.44. The zero-order chi connectivity index (χ0) is 12.1. The van der Waals surface area contributed by atoms with E-state index in [4.69, 9.17) is 17.3 Å². The first-order valence-electron chi connectivity index (χ1n) is 5.61. The van der Waals surface area contributed by atoms with E-state index in [-0.39, 0.29) is 6.04 Å². The lowest BCUT2D eigenvalue weighted by Gasteiger charge is -2.14. The van der Waals surface area contributed by atoms with Crippen molar-refractivity contribution in [3.05, 3.63) is 34.3 Å². The summed E-state index contributed by atoms with van der Waals surface area (Å²) in [5, 5.41) is 1.48. The van der Waals surface area contributed by atoms with Gasteiger partial charge in [0.05, 0.1) is 0 Å². The Morgan fingerprint density at radius 3 is 2.62 bits per heavy atom. The largest absolute Gasteiger partial charge is 0.327 e. The Labute approximate surface area is 108 Å². The van der Waals surface area contributed by atoms with Crippen LogP contribution in [0.2, 0.25) is 5.02 Å². The lowest BCUT2D eigenvalue weighted by atomic mass is 10.1. The fourth-order valence-corrected chi connectivity index (χ4v) is 2.54. The van der Waals surface area contributed by atoms with E-state index in [0.29, 0.717) is 5.25 Å². The lowest BCUT2D eigenvalue weighted by Crippen LogP contribution is -2.26. The van der Waals surface area contributed by atoms with Crippen molar-refractivity contribution in [1.82, 2.24) is 0 Å². The molecule has 0 heterocycles. The quantitative estimate of drug-likeness (QED) is 0.871. The molecule has 90 valence electrons. The molecule has 0 aliphatic carbocycles. The molecule has 0 saturated carbocycles. The van der Waals surface area contributed by atoms with Crippen LogP contribution in [0.3, 0.4) is 0 Å². The van der Waals surface area contributed by atoms with Crippen LogP contribution in [0, 0.1) is 6.92 Å². The molecule has 0 aliphatic rings. The number of thioether (sulfide) groups is 1. The van der Waals surface area contributed by atoms with Gasteiger partial charge in [0.2, 0.25) is 0 Å². The van der Waals surface area contributed by atoms with Crippen LogP contribution in [-0.4, -0.2) is 17.0 Å². The average Bonchev–Trinajstić information content (AvgIpc) is 2.19. The number of benzene rings is 1. The second-order valence-corrected chi connectivity index (χ2v) is 6.46. The van der Waals surface area contributed by atoms with Gasteiger partial charge in [-0.25, -0.2) is 0 Å². The maximum absolute atomic E-state index is 6.17. The van der Waals surface area contributed by atoms with Gasteiger partial charge >= 0.3 is 0 Å². The van der Waals surface area contributed by atoms with E-state index < -0.39 is 0 Å². The Hall–Kier alpha value is -0.180. The summed E-state index contributed by atoms with van der Waals surface area (Å²) >= 11 is 8.07. The molecular formula is C13H20ClNS. The molecule has 1 aromatic rings. The van der Waals surface area contributed by atoms with Crippen molar-refractivity contribution in [1.29, 1.82) is 0 Å². The van der Waals surface area contributed by atoms with Crippen molar-refractivity contribution in [2.24, 2.45) is 5.73 Å². The molecule has 3 heteroatoms. The third kappa shape index (κ3) is 4.77. The first-order chi connectivity index (χ1) is 7.49. The molecule has 1 aromatic carbocycles. The molecule has 0 aliphatic heterocycles. The normalized spacial score (nSPS) is 13.1. The van der Waals surface area contributed by atoms with E-state index in [0.717, 1.165) is 22.8 Å². The molecule has 0 spiro atoms. The van der Waals surface area contributed by atoms with Crippen LogP contribution in [-0.2, 0) is 6.42 Å². The molecule has 2 N–H and O–H groups in total. The van der Waals surface area contributed by atoms with Gasteiger partial charge in [-0.1, -0.05) is 37.6 Å². The van der Waals surface area contributed by atoms with E-state index in [2.05, 4.69) is 26.0 Å². The van der Waals surface area contributed by atoms with Crippen LogP contribution >= 0.6 is 23.4 Å². The van der Waals surface area contributed by atoms with Crippen molar-refractivity contribution in [2.45, 2.75) is 38.5 Å². The zero-order valence-corrected chi connectivity index (χ0v) is 11.7. The molecule has 1 atom stereocenters. The first-order valence-corrected chi connectivity index (χ1v) is 7.04. The number of aryl methyl sites for hydroxylation is 1. The summed E-state index contributed by atoms with van der Waals surface area (Å²) in [5.41, 5.74) is 8.43. The summed E-state index contributed by atoms with van der Waals surface area (Å²) in [5.74, 6) is 0.988. The van der Waals surface area contributed by atoms with E-state index in [1.54, 1.807) is 0 Å². The number of hydrogen-bond acceptors (Lipinski definition) is 2. The molecule has 0 fully saturated rings. The SMILES string of the molecule is Cc1ccc(CC(N)CSC(C)C)c(Cl)c1. The highest BCUT2D eigenvalue weighted by atomic mass is 35.5. The van der Waals surface area contributed by atoms with Crippen LogP contribution in [0.5, 0.6) is 0 Å². The molecule has 1 rings (SSSR count). The number of nitrogens with two attached hydrogens (primary N) is 1. The Morgan fingerprint density at radius 2 is 2.06 bits per heavy atom. The molecule has 1 unspecified atom stereocenters. The Balaban J connectivity index is 2.52. The van der Waals surface area contributed by atoms with Gasteiger partial charge in [-0.15, -0.1) is 0 Å². The minimum atomic E-state index is 0.188. The highest BCUT2D eigenvalue weighted by Gasteiger charge is 2.08. The fourth-order valence-electron chi connectivity index (χ4n) is 1.48. The molecule has 0 bridgehead atoms. The van der Waals surface area contributed by atoms with Gasteiger partial charge in [-0.3, -0.25) is 0 Å². The predicted molar refractivity (Wildman–Crippen MR) is 75.5 cm³/mol. The predicted octanol–water partition coefficient (Wildman–Crippen LogP) is 3.66. The van der Waals surface area contributed by atoms with Gasteiger partial charge < -0.3 is 5.73 Å². The lowest BCUT2D eigenvalue weighted by molar-refractivity contribution is 0.747. The van der Waals surface area contributed by atoms with Gasteiger partial charge in [0.15, 0.2) is 0 Å². The summed E-state index contributed by atoms with van der Waals surface area (Å²) in [4.78, 5) is 0. The number of hydrogen-bond donors (Lipinski definition) is 1. The standard InChI is InChI=1S/C13H20ClNS/c1-9(2)16-8-12(15)7-11-5-4-10(3)6-13(11)14/h4-6,9,12H,7-8,15H2,1-3H3. The molecule has 1 nitrogen and oxygen atoms in total. The highest BCUT2D eigenvalue weighted by Crippen LogP contribution is 2.20. The molecule has 0 saturated heterocycles. The van der Waals surface area contributed by atoms with Crippen molar-refractivity contribution in [2.75, 3.05) is 5.75 Å². The second kappa shape index (κ2) is 6.53. The Bertz CT molecular complexity index is 339. The maximum Gasteiger partial charge on any atom is 0.0441 e. The maximum atomic E-state index is 6.17. The number of halogens is 1. The smallest absolute Gasteiger partial charge is 0.0441 e. The average molecular weight is 258 g/mol. The van der Waals surface area contributed by atoms with E-state index in [1.165, 1.54) is 5.56 Å². The molecule has 0 aromatic heterocycles. The summed E-state index contributed by atoms with van der Waals surface area (Å²) in [6.07, 6.45) is 0.860. The molecule has 0 amide bonds. The van der Waals surface area contributed by atoms with Gasteiger partial charge in [0.1, 0.15) is 0 Å². The summed E-state index contributed by atoms with van der Waals surface area (Å²) in [6.45, 7) is 6.43. The molecular weight excluding hydrogens is 238 g/mol. The minimum absolute atomic E-state index is 0.188. The van der Waals surface area contributed by atoms with Crippen molar-refractivity contribution in [3.63, 3.8) is 0 Å². The summed E-state index contributed by atoms with van der Waals surface area (Å²) in [6, 6.07) is 6.35. The van der Waals surface area contributed by atoms with E-state index in [9.17, 15) is 0 Å². The monoisotopic (exact) mass is 257 g/mol. The van der Waals surface area contributed by atoms with Crippen LogP contribution in [0.15, 0.2) is 18.2 Å². The van der Waals surface area contributed by atoms with Crippen molar-refractivity contribution in [3.8, 4) is 0 Å². The number of rotatable bonds is 5. The van der Waals surface area contributed by atoms with Gasteiger partial charge in [0, 0.05) is 16.8 Å². The third-order valence-electron chi connectivity index (χ3n) is 2.33. The molecule has 16 heavy (non-hydrogen) atoms. The summed E-state index contributed by atoms with van der Waals surface area (Å²) < 4.78 is 0. The van der Waals surface area contributed by atoms with E-state index in [1.807, 2.05) is 24.8 Å². The van der Waals surface area contributed by atoms with Crippen molar-refractivity contribution >= 4 is 23.4 Å². The van der Waals surface area contributed by atoms with Crippen LogP contribution in [0.1, 0.15) is 25.0 Å². The van der Waals surface area contributed by atoms with Gasteiger partial charge in [-0.05, 0) is 35.8 Å². The molecule has 0 radical (unpaired) electrons. The Morgan fingerprint density at radius 1 is 1.38 bits per heavy atom. The zero-order valence-electron chi connectivity index (χ0n) is 10.2. The topological polar surface area (TPSA) is 26.0 Å². The fraction of sp³-hybridized carbons (Fsp3) is 0.538. The van der Waals surface area contributed by atoms with Crippen LogP contribution in [0.25, 0.3) is 0 Å². The summed E-state index contributed by atoms with van der Waals surface area (Å²) in [7, 11) is 0. The van der Waals surface area contributed by atoms with Gasteiger partial charge in [0.25, 0.3) is 0 Å². The minimum Gasteiger partial charge on any atom is -0.327 e.